The number of hydrogen-bond acceptors (Lipinski definition) is 11. The predicted octanol–water partition coefficient (Wildman–Crippen LogP) is 3.04. The highest BCUT2D eigenvalue weighted by Crippen LogP contribution is 2.46. The van der Waals surface area contributed by atoms with E-state index in [1.165, 1.54) is 24.7 Å². The van der Waals surface area contributed by atoms with Gasteiger partial charge >= 0.3 is 12.1 Å². The first-order valence-corrected chi connectivity index (χ1v) is 14.2. The second-order valence-corrected chi connectivity index (χ2v) is 12.4. The van der Waals surface area contributed by atoms with Crippen molar-refractivity contribution in [3.05, 3.63) is 24.2 Å². The number of nitrogens with one attached hydrogen (secondary N) is 2. The molecule has 0 saturated carbocycles. The van der Waals surface area contributed by atoms with Crippen LogP contribution < -0.4 is 10.6 Å². The van der Waals surface area contributed by atoms with Crippen LogP contribution in [0.1, 0.15) is 74.4 Å². The van der Waals surface area contributed by atoms with Crippen LogP contribution in [0.5, 0.6) is 0 Å². The molecule has 14 heteroatoms. The Hall–Kier alpha value is -3.80. The van der Waals surface area contributed by atoms with Crippen LogP contribution in [-0.4, -0.2) is 73.9 Å². The average molecular weight is 603 g/mol. The Morgan fingerprint density at radius 1 is 1.23 bits per heavy atom. The first kappa shape index (κ1) is 33.7. The first-order chi connectivity index (χ1) is 19.9. The molecular formula is C29H42N6O8. The third kappa shape index (κ3) is 7.78. The fourth-order valence-corrected chi connectivity index (χ4v) is 4.77. The fourth-order valence-electron chi connectivity index (χ4n) is 4.77. The lowest BCUT2D eigenvalue weighted by atomic mass is 9.87. The smallest absolute Gasteiger partial charge is 0.408 e. The summed E-state index contributed by atoms with van der Waals surface area (Å²) in [5.74, 6) is -3.25. The Morgan fingerprint density at radius 3 is 2.47 bits per heavy atom. The minimum absolute atomic E-state index is 0.121. The molecule has 43 heavy (non-hydrogen) atoms. The van der Waals surface area contributed by atoms with Gasteiger partial charge in [0.2, 0.25) is 11.5 Å². The molecule has 2 aromatic heterocycles. The molecule has 2 aromatic rings. The number of hydrogen-bond donors (Lipinski definition) is 3. The van der Waals surface area contributed by atoms with Gasteiger partial charge in [-0.05, 0) is 52.7 Å². The number of carbonyl (C=O) groups is 3. The maximum atomic E-state index is 13.3. The molecule has 1 aliphatic rings. The minimum atomic E-state index is -1.79. The predicted molar refractivity (Wildman–Crippen MR) is 153 cm³/mol. The van der Waals surface area contributed by atoms with Gasteiger partial charge in [0.15, 0.2) is 11.6 Å². The van der Waals surface area contributed by atoms with Crippen LogP contribution in [0.25, 0.3) is 5.52 Å². The van der Waals surface area contributed by atoms with Crippen LogP contribution in [-0.2, 0) is 34.1 Å². The van der Waals surface area contributed by atoms with Gasteiger partial charge in [-0.2, -0.15) is 10.4 Å². The maximum absolute atomic E-state index is 13.3. The molecule has 1 fully saturated rings. The van der Waals surface area contributed by atoms with Gasteiger partial charge in [-0.3, -0.25) is 9.59 Å². The highest BCUT2D eigenvalue weighted by Gasteiger charge is 2.59. The van der Waals surface area contributed by atoms with Gasteiger partial charge in [0.05, 0.1) is 11.8 Å². The molecule has 0 unspecified atom stereocenters. The SMILES string of the molecule is CCC(=O)OC[C@H]1O[C@@](C#N)(c2ccc3c(NC(=O)[C@@H](NC(=O)OC(C)(C)C)C(C)C)ncnn23)[C@H](OC(C)(C)O)[C@@H]1C. The van der Waals surface area contributed by atoms with Gasteiger partial charge in [0, 0.05) is 12.3 Å². The lowest BCUT2D eigenvalue weighted by Gasteiger charge is -2.33. The van der Waals surface area contributed by atoms with Crippen molar-refractivity contribution >= 4 is 29.3 Å². The second kappa shape index (κ2) is 12.8. The molecule has 3 rings (SSSR count). The summed E-state index contributed by atoms with van der Waals surface area (Å²) in [7, 11) is 0. The Balaban J connectivity index is 1.99. The van der Waals surface area contributed by atoms with E-state index in [1.54, 1.807) is 60.6 Å². The first-order valence-electron chi connectivity index (χ1n) is 14.2. The summed E-state index contributed by atoms with van der Waals surface area (Å²) in [5.41, 5.74) is -1.95. The molecule has 0 aromatic carbocycles. The van der Waals surface area contributed by atoms with Crippen molar-refractivity contribution in [3.63, 3.8) is 0 Å². The van der Waals surface area contributed by atoms with Gasteiger partial charge in [-0.15, -0.1) is 0 Å². The van der Waals surface area contributed by atoms with Gasteiger partial charge in [0.25, 0.3) is 0 Å². The second-order valence-electron chi connectivity index (χ2n) is 12.4. The van der Waals surface area contributed by atoms with E-state index in [4.69, 9.17) is 18.9 Å². The number of esters is 1. The summed E-state index contributed by atoms with van der Waals surface area (Å²) < 4.78 is 24.3. The molecule has 14 nitrogen and oxygen atoms in total. The van der Waals surface area contributed by atoms with E-state index in [0.29, 0.717) is 5.52 Å². The molecule has 236 valence electrons. The zero-order valence-electron chi connectivity index (χ0n) is 26.1. The zero-order valence-corrected chi connectivity index (χ0v) is 26.1. The number of rotatable bonds is 10. The Morgan fingerprint density at radius 2 is 1.91 bits per heavy atom. The van der Waals surface area contributed by atoms with Gasteiger partial charge in [-0.1, -0.05) is 27.7 Å². The molecule has 3 heterocycles. The summed E-state index contributed by atoms with van der Waals surface area (Å²) in [6, 6.07) is 4.47. The van der Waals surface area contributed by atoms with Gasteiger partial charge < -0.3 is 34.7 Å². The fraction of sp³-hybridized carbons (Fsp3) is 0.655. The Bertz CT molecular complexity index is 1370. The lowest BCUT2D eigenvalue weighted by molar-refractivity contribution is -0.232. The number of alkyl carbamates (subject to hydrolysis) is 1. The van der Waals surface area contributed by atoms with Crippen molar-refractivity contribution in [1.82, 2.24) is 19.9 Å². The van der Waals surface area contributed by atoms with Gasteiger partial charge in [-0.25, -0.2) is 14.3 Å². The molecule has 3 N–H and O–H groups in total. The summed E-state index contributed by atoms with van der Waals surface area (Å²) >= 11 is 0. The topological polar surface area (TPSA) is 186 Å². The molecule has 1 aliphatic heterocycles. The molecule has 5 atom stereocenters. The van der Waals surface area contributed by atoms with Crippen LogP contribution in [0.15, 0.2) is 18.5 Å². The Labute approximate surface area is 251 Å². The van der Waals surface area contributed by atoms with E-state index in [2.05, 4.69) is 26.8 Å². The van der Waals surface area contributed by atoms with Crippen molar-refractivity contribution in [1.29, 1.82) is 5.26 Å². The number of aliphatic hydroxyl groups is 1. The summed E-state index contributed by atoms with van der Waals surface area (Å²) in [6.07, 6.45) is -1.10. The summed E-state index contributed by atoms with van der Waals surface area (Å²) in [5, 5.41) is 30.8. The number of anilines is 1. The zero-order chi connectivity index (χ0) is 32.3. The highest BCUT2D eigenvalue weighted by molar-refractivity contribution is 5.98. The van der Waals surface area contributed by atoms with Crippen LogP contribution in [0, 0.1) is 23.2 Å². The third-order valence-corrected chi connectivity index (χ3v) is 6.78. The largest absolute Gasteiger partial charge is 0.463 e. The number of nitriles is 1. The molecule has 0 aliphatic carbocycles. The standard InChI is InChI=1S/C29H42N6O8/c1-10-21(36)40-13-19-17(4)23(42-28(8,9)39)29(14-30,41-19)20-12-11-18-24(31-15-32-35(18)20)34-25(37)22(16(2)3)33-26(38)43-27(5,6)7/h11-12,15-17,19,22-23,39H,10,13H2,1-9H3,(H,33,38)(H,31,32,34,37)/t17-,19-,22+,23-,29+/m1/s1. The van der Waals surface area contributed by atoms with E-state index in [0.717, 1.165) is 0 Å². The number of nitrogens with zero attached hydrogens (tertiary/aromatic N) is 4. The number of aromatic nitrogens is 3. The van der Waals surface area contributed by atoms with Crippen LogP contribution >= 0.6 is 0 Å². The highest BCUT2D eigenvalue weighted by atomic mass is 16.7. The van der Waals surface area contributed by atoms with Crippen molar-refractivity contribution in [2.75, 3.05) is 11.9 Å². The average Bonchev–Trinajstić information content (AvgIpc) is 3.44. The van der Waals surface area contributed by atoms with E-state index in [-0.39, 0.29) is 30.5 Å². The monoisotopic (exact) mass is 602 g/mol. The van der Waals surface area contributed by atoms with E-state index in [9.17, 15) is 24.8 Å². The van der Waals surface area contributed by atoms with Crippen molar-refractivity contribution < 1.29 is 38.4 Å². The normalized spacial score (nSPS) is 23.1. The van der Waals surface area contributed by atoms with Crippen LogP contribution in [0.3, 0.4) is 0 Å². The molecule has 2 amide bonds. The van der Waals surface area contributed by atoms with Crippen molar-refractivity contribution in [3.8, 4) is 6.07 Å². The number of fused-ring (bicyclic) bond motifs is 1. The summed E-state index contributed by atoms with van der Waals surface area (Å²) in [6.45, 7) is 14.9. The molecular weight excluding hydrogens is 560 g/mol. The lowest BCUT2D eigenvalue weighted by Crippen LogP contribution is -2.48. The van der Waals surface area contributed by atoms with Gasteiger partial charge in [0.1, 0.15) is 42.3 Å². The number of carbonyl (C=O) groups excluding carboxylic acids is 3. The Kier molecular flexibility index (Phi) is 10.1. The van der Waals surface area contributed by atoms with E-state index in [1.807, 2.05) is 0 Å². The third-order valence-electron chi connectivity index (χ3n) is 6.78. The maximum Gasteiger partial charge on any atom is 0.408 e. The molecule has 0 spiro atoms. The number of ether oxygens (including phenoxy) is 4. The van der Waals surface area contributed by atoms with E-state index >= 15 is 0 Å². The minimum Gasteiger partial charge on any atom is -0.463 e. The van der Waals surface area contributed by atoms with Crippen LogP contribution in [0.2, 0.25) is 0 Å². The van der Waals surface area contributed by atoms with Crippen molar-refractivity contribution in [2.24, 2.45) is 11.8 Å². The molecule has 1 saturated heterocycles. The number of amides is 2. The summed E-state index contributed by atoms with van der Waals surface area (Å²) in [4.78, 5) is 41.8. The van der Waals surface area contributed by atoms with E-state index < -0.39 is 59.1 Å². The van der Waals surface area contributed by atoms with Crippen LogP contribution in [0.4, 0.5) is 10.6 Å². The molecule has 0 radical (unpaired) electrons. The van der Waals surface area contributed by atoms with Crippen molar-refractivity contribution in [2.45, 2.75) is 104 Å². The quantitative estimate of drug-likeness (QED) is 0.268. The molecule has 0 bridgehead atoms.